The molecule has 0 atom stereocenters. The van der Waals surface area contributed by atoms with Crippen LogP contribution in [0.1, 0.15) is 17.0 Å². The van der Waals surface area contributed by atoms with E-state index in [-0.39, 0.29) is 6.54 Å². The van der Waals surface area contributed by atoms with Crippen molar-refractivity contribution in [2.75, 3.05) is 5.32 Å². The van der Waals surface area contributed by atoms with Gasteiger partial charge in [-0.05, 0) is 30.9 Å². The van der Waals surface area contributed by atoms with Crippen molar-refractivity contribution in [1.29, 1.82) is 0 Å². The van der Waals surface area contributed by atoms with Crippen LogP contribution in [0.5, 0.6) is 0 Å². The quantitative estimate of drug-likeness (QED) is 0.734. The zero-order chi connectivity index (χ0) is 18.1. The number of fused-ring (bicyclic) bond motifs is 1. The fraction of sp³-hybridized carbons (Fsp3) is 0.263. The van der Waals surface area contributed by atoms with Crippen molar-refractivity contribution < 1.29 is 9.90 Å². The number of benzene rings is 1. The standard InChI is InChI=1S/C19H19N5O2/c1-12-22-17(10-24(12)11-18(25)26)15-8-20-19(21-9-15)23-16-6-13-4-2-3-5-14(13)7-16/h2-5,8-10,16H,6-7,11H2,1H3,(H,25,26)(H,20,21,23). The van der Waals surface area contributed by atoms with Crippen molar-refractivity contribution in [2.45, 2.75) is 32.4 Å². The minimum absolute atomic E-state index is 0.110. The first-order chi connectivity index (χ1) is 12.6. The van der Waals surface area contributed by atoms with Crippen LogP contribution < -0.4 is 5.32 Å². The van der Waals surface area contributed by atoms with E-state index in [4.69, 9.17) is 5.11 Å². The van der Waals surface area contributed by atoms with Crippen LogP contribution >= 0.6 is 0 Å². The fourth-order valence-electron chi connectivity index (χ4n) is 3.33. The number of carboxylic acids is 1. The molecule has 2 N–H and O–H groups in total. The SMILES string of the molecule is Cc1nc(-c2cnc(NC3Cc4ccccc4C3)nc2)cn1CC(=O)O. The van der Waals surface area contributed by atoms with E-state index in [1.807, 2.05) is 0 Å². The van der Waals surface area contributed by atoms with Crippen molar-refractivity contribution in [3.8, 4) is 11.3 Å². The Hall–Kier alpha value is -3.22. The molecule has 2 heterocycles. The lowest BCUT2D eigenvalue weighted by Crippen LogP contribution is -2.20. The first-order valence-corrected chi connectivity index (χ1v) is 8.50. The molecule has 0 saturated carbocycles. The molecule has 0 radical (unpaired) electrons. The molecule has 0 spiro atoms. The molecule has 1 aliphatic rings. The van der Waals surface area contributed by atoms with Gasteiger partial charge >= 0.3 is 5.97 Å². The Labute approximate surface area is 150 Å². The second kappa shape index (κ2) is 6.59. The number of carbonyl (C=O) groups is 1. The summed E-state index contributed by atoms with van der Waals surface area (Å²) in [5.41, 5.74) is 4.18. The summed E-state index contributed by atoms with van der Waals surface area (Å²) in [6.07, 6.45) is 7.08. The van der Waals surface area contributed by atoms with Gasteiger partial charge in [-0.25, -0.2) is 15.0 Å². The van der Waals surface area contributed by atoms with Gasteiger partial charge in [0.2, 0.25) is 5.95 Å². The molecule has 0 bridgehead atoms. The number of aliphatic carboxylic acids is 1. The minimum atomic E-state index is -0.898. The smallest absolute Gasteiger partial charge is 0.323 e. The highest BCUT2D eigenvalue weighted by atomic mass is 16.4. The molecule has 1 aliphatic carbocycles. The highest BCUT2D eigenvalue weighted by molar-refractivity contribution is 5.67. The number of nitrogens with zero attached hydrogens (tertiary/aromatic N) is 4. The van der Waals surface area contributed by atoms with Crippen LogP contribution in [-0.2, 0) is 24.2 Å². The zero-order valence-electron chi connectivity index (χ0n) is 14.4. The molecule has 4 rings (SSSR count). The summed E-state index contributed by atoms with van der Waals surface area (Å²) in [4.78, 5) is 24.1. The summed E-state index contributed by atoms with van der Waals surface area (Å²) < 4.78 is 1.60. The van der Waals surface area contributed by atoms with Gasteiger partial charge in [0.25, 0.3) is 0 Å². The van der Waals surface area contributed by atoms with Gasteiger partial charge < -0.3 is 15.0 Å². The van der Waals surface area contributed by atoms with Gasteiger partial charge in [-0.2, -0.15) is 0 Å². The molecular weight excluding hydrogens is 330 g/mol. The van der Waals surface area contributed by atoms with E-state index < -0.39 is 5.97 Å². The molecule has 0 aliphatic heterocycles. The molecule has 7 nitrogen and oxygen atoms in total. The lowest BCUT2D eigenvalue weighted by atomic mass is 10.1. The van der Waals surface area contributed by atoms with E-state index in [1.165, 1.54) is 11.1 Å². The van der Waals surface area contributed by atoms with Gasteiger partial charge in [0, 0.05) is 30.2 Å². The average molecular weight is 349 g/mol. The highest BCUT2D eigenvalue weighted by Crippen LogP contribution is 2.24. The monoisotopic (exact) mass is 349 g/mol. The van der Waals surface area contributed by atoms with Gasteiger partial charge in [0.15, 0.2) is 0 Å². The van der Waals surface area contributed by atoms with Crippen LogP contribution in [0.25, 0.3) is 11.3 Å². The first-order valence-electron chi connectivity index (χ1n) is 8.50. The number of rotatable bonds is 5. The highest BCUT2D eigenvalue weighted by Gasteiger charge is 2.21. The van der Waals surface area contributed by atoms with Gasteiger partial charge in [0.05, 0.1) is 5.69 Å². The Morgan fingerprint density at radius 3 is 2.50 bits per heavy atom. The Bertz CT molecular complexity index is 924. The summed E-state index contributed by atoms with van der Waals surface area (Å²) >= 11 is 0. The number of hydrogen-bond acceptors (Lipinski definition) is 5. The van der Waals surface area contributed by atoms with E-state index in [0.717, 1.165) is 18.4 Å². The molecule has 7 heteroatoms. The number of carboxylic acid groups (broad SMARTS) is 1. The average Bonchev–Trinajstić information content (AvgIpc) is 3.18. The molecular formula is C19H19N5O2. The van der Waals surface area contributed by atoms with Crippen molar-refractivity contribution >= 4 is 11.9 Å². The fourth-order valence-corrected chi connectivity index (χ4v) is 3.33. The molecule has 2 aromatic heterocycles. The number of anilines is 1. The normalized spacial score (nSPS) is 13.6. The molecule has 132 valence electrons. The van der Waals surface area contributed by atoms with E-state index in [1.54, 1.807) is 30.1 Å². The first kappa shape index (κ1) is 16.3. The second-order valence-electron chi connectivity index (χ2n) is 6.51. The van der Waals surface area contributed by atoms with Gasteiger partial charge in [-0.15, -0.1) is 0 Å². The maximum Gasteiger partial charge on any atom is 0.323 e. The van der Waals surface area contributed by atoms with E-state index in [0.29, 0.717) is 23.5 Å². The van der Waals surface area contributed by atoms with Crippen LogP contribution in [0.2, 0.25) is 0 Å². The molecule has 0 fully saturated rings. The van der Waals surface area contributed by atoms with Gasteiger partial charge in [-0.3, -0.25) is 4.79 Å². The molecule has 3 aromatic rings. The largest absolute Gasteiger partial charge is 0.480 e. The Kier molecular flexibility index (Phi) is 4.12. The van der Waals surface area contributed by atoms with Crippen molar-refractivity contribution in [1.82, 2.24) is 19.5 Å². The van der Waals surface area contributed by atoms with Crippen LogP contribution in [0.15, 0.2) is 42.9 Å². The molecule has 0 amide bonds. The summed E-state index contributed by atoms with van der Waals surface area (Å²) in [5, 5.41) is 12.3. The zero-order valence-corrected chi connectivity index (χ0v) is 14.4. The molecule has 26 heavy (non-hydrogen) atoms. The van der Waals surface area contributed by atoms with Gasteiger partial charge in [0.1, 0.15) is 12.4 Å². The van der Waals surface area contributed by atoms with Crippen molar-refractivity contribution in [3.05, 3.63) is 59.8 Å². The number of imidazole rings is 1. The van der Waals surface area contributed by atoms with Crippen LogP contribution in [-0.4, -0.2) is 36.6 Å². The molecule has 0 unspecified atom stereocenters. The van der Waals surface area contributed by atoms with E-state index in [9.17, 15) is 4.79 Å². The van der Waals surface area contributed by atoms with Crippen LogP contribution in [0.4, 0.5) is 5.95 Å². The Balaban J connectivity index is 1.45. The third-order valence-corrected chi connectivity index (χ3v) is 4.61. The van der Waals surface area contributed by atoms with Crippen LogP contribution in [0, 0.1) is 6.92 Å². The van der Waals surface area contributed by atoms with Crippen molar-refractivity contribution in [3.63, 3.8) is 0 Å². The van der Waals surface area contributed by atoms with E-state index in [2.05, 4.69) is 44.5 Å². The maximum atomic E-state index is 10.9. The Morgan fingerprint density at radius 2 is 1.88 bits per heavy atom. The third-order valence-electron chi connectivity index (χ3n) is 4.61. The maximum absolute atomic E-state index is 10.9. The minimum Gasteiger partial charge on any atom is -0.480 e. The number of hydrogen-bond donors (Lipinski definition) is 2. The van der Waals surface area contributed by atoms with Gasteiger partial charge in [-0.1, -0.05) is 24.3 Å². The number of aromatic nitrogens is 4. The topological polar surface area (TPSA) is 92.9 Å². The second-order valence-corrected chi connectivity index (χ2v) is 6.51. The summed E-state index contributed by atoms with van der Waals surface area (Å²) in [7, 11) is 0. The van der Waals surface area contributed by atoms with Crippen LogP contribution in [0.3, 0.4) is 0 Å². The predicted octanol–water partition coefficient (Wildman–Crippen LogP) is 2.31. The lowest BCUT2D eigenvalue weighted by Gasteiger charge is -2.11. The lowest BCUT2D eigenvalue weighted by molar-refractivity contribution is -0.137. The van der Waals surface area contributed by atoms with Crippen molar-refractivity contribution in [2.24, 2.45) is 0 Å². The number of nitrogens with one attached hydrogen (secondary N) is 1. The summed E-state index contributed by atoms with van der Waals surface area (Å²) in [6, 6.07) is 8.76. The predicted molar refractivity (Wildman–Crippen MR) is 96.9 cm³/mol. The molecule has 0 saturated heterocycles. The third kappa shape index (κ3) is 3.28. The Morgan fingerprint density at radius 1 is 1.23 bits per heavy atom. The summed E-state index contributed by atoms with van der Waals surface area (Å²) in [6.45, 7) is 1.67. The van der Waals surface area contributed by atoms with E-state index >= 15 is 0 Å². The number of aryl methyl sites for hydroxylation is 1. The summed E-state index contributed by atoms with van der Waals surface area (Å²) in [5.74, 6) is 0.340. The molecule has 1 aromatic carbocycles.